The average molecular weight is 677 g/mol. The Bertz CT molecular complexity index is 597. The fourth-order valence-electron chi connectivity index (χ4n) is 6.22. The van der Waals surface area contributed by atoms with Gasteiger partial charge in [-0.2, -0.15) is 0 Å². The molecule has 216 valence electrons. The second kappa shape index (κ2) is 22.8. The van der Waals surface area contributed by atoms with Gasteiger partial charge in [0.15, 0.2) is 0 Å². The van der Waals surface area contributed by atoms with Gasteiger partial charge in [-0.3, -0.25) is 0 Å². The first-order valence-electron chi connectivity index (χ1n) is 14.8. The minimum absolute atomic E-state index is 0.346. The molecule has 1 N–H and O–H groups in total. The third-order valence-corrected chi connectivity index (χ3v) is 13.1. The van der Waals surface area contributed by atoms with Gasteiger partial charge in [0.1, 0.15) is 0 Å². The van der Waals surface area contributed by atoms with E-state index in [4.69, 9.17) is 19.4 Å². The van der Waals surface area contributed by atoms with E-state index in [1.807, 2.05) is 11.8 Å². The fraction of sp³-hybridized carbons (Fsp3) is 0.800. The Balaban J connectivity index is 0.000000242. The molecule has 37 heavy (non-hydrogen) atoms. The molecule has 0 bridgehead atoms. The van der Waals surface area contributed by atoms with Gasteiger partial charge in [-0.25, -0.2) is 0 Å². The van der Waals surface area contributed by atoms with E-state index in [1.165, 1.54) is 41.1 Å². The van der Waals surface area contributed by atoms with Gasteiger partial charge in [0.25, 0.3) is 0 Å². The van der Waals surface area contributed by atoms with E-state index in [9.17, 15) is 0 Å². The van der Waals surface area contributed by atoms with E-state index in [2.05, 4.69) is 54.6 Å². The summed E-state index contributed by atoms with van der Waals surface area (Å²) in [5.74, 6) is 1.14. The summed E-state index contributed by atoms with van der Waals surface area (Å²) in [6.07, 6.45) is 23.6. The monoisotopic (exact) mass is 676 g/mol. The zero-order valence-electron chi connectivity index (χ0n) is 23.5. The molecule has 2 nitrogen and oxygen atoms in total. The molecule has 1 aromatic rings. The van der Waals surface area contributed by atoms with Crippen LogP contribution >= 0.6 is 39.1 Å². The number of benzene rings is 1. The van der Waals surface area contributed by atoms with Crippen LogP contribution in [-0.4, -0.2) is 61.4 Å². The van der Waals surface area contributed by atoms with Crippen LogP contribution in [-0.2, 0) is 15.1 Å². The first-order valence-corrected chi connectivity index (χ1v) is 21.8. The minimum atomic E-state index is -0.346. The molecule has 0 aromatic heterocycles. The van der Waals surface area contributed by atoms with Crippen molar-refractivity contribution in [3.63, 3.8) is 0 Å². The Labute approximate surface area is 251 Å². The van der Waals surface area contributed by atoms with Crippen molar-refractivity contribution in [1.29, 1.82) is 0 Å². The number of likely N-dealkylation sites (N-methyl/N-ethyl adjacent to an activating group) is 1. The molecule has 0 unspecified atom stereocenters. The molecule has 1 aromatic carbocycles. The van der Waals surface area contributed by atoms with Crippen LogP contribution in [0.4, 0.5) is 0 Å². The molecule has 3 fully saturated rings. The molecule has 0 amide bonds. The molecule has 0 radical (unpaired) electrons. The first kappa shape index (κ1) is 34.3. The summed E-state index contributed by atoms with van der Waals surface area (Å²) in [5.41, 5.74) is 3.57. The van der Waals surface area contributed by atoms with Gasteiger partial charge in [0, 0.05) is 30.3 Å². The van der Waals surface area contributed by atoms with E-state index in [0.29, 0.717) is 7.92 Å². The normalized spacial score (nSPS) is 19.8. The van der Waals surface area contributed by atoms with Crippen LogP contribution < -0.4 is 5.32 Å². The van der Waals surface area contributed by atoms with E-state index in [0.717, 1.165) is 25.4 Å². The van der Waals surface area contributed by atoms with Crippen molar-refractivity contribution in [2.45, 2.75) is 118 Å². The quantitative estimate of drug-likeness (QED) is 0.115. The van der Waals surface area contributed by atoms with Gasteiger partial charge in [-0.15, -0.1) is 11.8 Å². The van der Waals surface area contributed by atoms with Crippen molar-refractivity contribution in [1.82, 2.24) is 10.2 Å². The number of nitrogens with zero attached hydrogens (tertiary/aromatic N) is 1. The van der Waals surface area contributed by atoms with Crippen molar-refractivity contribution in [2.24, 2.45) is 0 Å². The van der Waals surface area contributed by atoms with Gasteiger partial charge < -0.3 is 10.2 Å². The summed E-state index contributed by atoms with van der Waals surface area (Å²) >= 11 is 1.56. The number of halogens is 2. The van der Waals surface area contributed by atoms with Crippen LogP contribution in [0.1, 0.15) is 96.3 Å². The summed E-state index contributed by atoms with van der Waals surface area (Å²) in [7, 11) is 14.3. The predicted molar refractivity (Wildman–Crippen MR) is 168 cm³/mol. The van der Waals surface area contributed by atoms with Gasteiger partial charge in [0.2, 0.25) is 0 Å². The predicted octanol–water partition coefficient (Wildman–Crippen LogP) is 9.77. The Kier molecular flexibility index (Phi) is 21.1. The van der Waals surface area contributed by atoms with Crippen molar-refractivity contribution < 1.29 is 15.1 Å². The van der Waals surface area contributed by atoms with Crippen LogP contribution in [0.5, 0.6) is 0 Å². The van der Waals surface area contributed by atoms with Gasteiger partial charge in [-0.05, 0) is 81.7 Å². The molecule has 0 saturated heterocycles. The molecular formula is C30H53Cl2N2PRuS. The van der Waals surface area contributed by atoms with Crippen molar-refractivity contribution >= 4 is 39.1 Å². The maximum atomic E-state index is 4.85. The van der Waals surface area contributed by atoms with Gasteiger partial charge >= 0.3 is 34.5 Å². The van der Waals surface area contributed by atoms with E-state index >= 15 is 0 Å². The van der Waals surface area contributed by atoms with Crippen LogP contribution in [0.15, 0.2) is 35.2 Å². The molecule has 0 aliphatic heterocycles. The Morgan fingerprint density at radius 2 is 1.19 bits per heavy atom. The second-order valence-corrected chi connectivity index (χ2v) is 18.0. The average Bonchev–Trinajstić information content (AvgIpc) is 2.94. The van der Waals surface area contributed by atoms with Crippen molar-refractivity contribution in [2.75, 3.05) is 39.5 Å². The first-order chi connectivity index (χ1) is 18.2. The topological polar surface area (TPSA) is 15.3 Å². The van der Waals surface area contributed by atoms with Crippen LogP contribution in [0.2, 0.25) is 0 Å². The standard InChI is InChI=1S/C18H33P.C12H20N2S.2ClH.Ru/c1-4-10-16(11-5-1)19(17-12-6-2-7-13-17)18-14-8-3-9-15-18;1-14(2)10-8-13-9-11-15-12-6-4-3-5-7-12;;;/h16-18H,1-15H2;3-7,13H,8-11H2,1-2H3;2*1H;/q;;;;+2/p-2. The second-order valence-electron chi connectivity index (χ2n) is 11.1. The molecule has 7 heteroatoms. The summed E-state index contributed by atoms with van der Waals surface area (Å²) in [5, 5.41) is 3.42. The molecule has 4 rings (SSSR count). The van der Waals surface area contributed by atoms with Gasteiger partial charge in [-0.1, -0.05) is 83.9 Å². The fourth-order valence-corrected chi connectivity index (χ4v) is 11.7. The molecule has 0 spiro atoms. The van der Waals surface area contributed by atoms with Crippen LogP contribution in [0, 0.1) is 0 Å². The summed E-state index contributed by atoms with van der Waals surface area (Å²) in [6, 6.07) is 10.5. The summed E-state index contributed by atoms with van der Waals surface area (Å²) in [4.78, 5) is 3.55. The van der Waals surface area contributed by atoms with E-state index in [-0.39, 0.29) is 15.1 Å². The Hall–Kier alpha value is 1.12. The molecule has 0 heterocycles. The summed E-state index contributed by atoms with van der Waals surface area (Å²) in [6.45, 7) is 3.26. The van der Waals surface area contributed by atoms with E-state index in [1.54, 1.807) is 77.0 Å². The Morgan fingerprint density at radius 3 is 1.59 bits per heavy atom. The summed E-state index contributed by atoms with van der Waals surface area (Å²) < 4.78 is 0. The SMILES string of the molecule is C1CCC(P(C2CCCCC2)C2CCCCC2)CC1.CN(C)CCNCCSc1ccccc1.[Cl][Ru][Cl]. The molecule has 0 atom stereocenters. The molecular weight excluding hydrogens is 623 g/mol. The van der Waals surface area contributed by atoms with Crippen molar-refractivity contribution in [3.8, 4) is 0 Å². The number of hydrogen-bond acceptors (Lipinski definition) is 3. The van der Waals surface area contributed by atoms with Crippen LogP contribution in [0.25, 0.3) is 0 Å². The van der Waals surface area contributed by atoms with E-state index < -0.39 is 0 Å². The van der Waals surface area contributed by atoms with Gasteiger partial charge in [0.05, 0.1) is 0 Å². The maximum absolute atomic E-state index is 4.85. The third kappa shape index (κ3) is 15.6. The molecule has 3 aliphatic rings. The number of rotatable bonds is 10. The zero-order chi connectivity index (χ0) is 26.6. The third-order valence-electron chi connectivity index (χ3n) is 8.02. The number of hydrogen-bond donors (Lipinski definition) is 1. The zero-order valence-corrected chi connectivity index (χ0v) is 28.4. The molecule has 3 aliphatic carbocycles. The van der Waals surface area contributed by atoms with Crippen molar-refractivity contribution in [3.05, 3.63) is 30.3 Å². The Morgan fingerprint density at radius 1 is 0.757 bits per heavy atom. The molecule has 3 saturated carbocycles. The number of thioether (sulfide) groups is 1. The number of nitrogens with one attached hydrogen (secondary N) is 1. The van der Waals surface area contributed by atoms with Crippen LogP contribution in [0.3, 0.4) is 0 Å².